The Labute approximate surface area is 161 Å². The molecule has 0 saturated carbocycles. The van der Waals surface area contributed by atoms with Gasteiger partial charge < -0.3 is 9.42 Å². The highest BCUT2D eigenvalue weighted by Gasteiger charge is 2.43. The minimum atomic E-state index is -1.86. The molecule has 0 radical (unpaired) electrons. The Balaban J connectivity index is 1.50. The van der Waals surface area contributed by atoms with Crippen LogP contribution in [0.4, 0.5) is 4.39 Å². The van der Waals surface area contributed by atoms with Gasteiger partial charge in [0, 0.05) is 30.2 Å². The number of hydrogen-bond acceptors (Lipinski definition) is 6. The van der Waals surface area contributed by atoms with E-state index in [2.05, 4.69) is 20.2 Å². The fourth-order valence-electron chi connectivity index (χ4n) is 3.48. The van der Waals surface area contributed by atoms with Gasteiger partial charge in [-0.1, -0.05) is 5.16 Å². The van der Waals surface area contributed by atoms with Gasteiger partial charge in [0.1, 0.15) is 6.54 Å². The van der Waals surface area contributed by atoms with Crippen LogP contribution in [0.5, 0.6) is 0 Å². The van der Waals surface area contributed by atoms with Crippen molar-refractivity contribution in [2.75, 3.05) is 13.1 Å². The summed E-state index contributed by atoms with van der Waals surface area (Å²) in [7, 11) is 0. The molecule has 1 aliphatic rings. The van der Waals surface area contributed by atoms with E-state index in [0.717, 1.165) is 11.4 Å². The van der Waals surface area contributed by atoms with Gasteiger partial charge in [-0.3, -0.25) is 14.5 Å². The first-order chi connectivity index (χ1) is 13.4. The van der Waals surface area contributed by atoms with Crippen LogP contribution in [0.25, 0.3) is 11.4 Å². The average molecular weight is 384 g/mol. The zero-order valence-corrected chi connectivity index (χ0v) is 15.8. The SMILES string of the molecule is Cc1cc(C)n(CC(=O)N2CCCC(F)(c3nc(-c4cccnc4)no3)C2)n1. The number of carbonyl (C=O) groups excluding carboxylic acids is 1. The number of likely N-dealkylation sites (tertiary alicyclic amines) is 1. The van der Waals surface area contributed by atoms with Crippen LogP contribution in [0.3, 0.4) is 0 Å². The van der Waals surface area contributed by atoms with Gasteiger partial charge in [-0.15, -0.1) is 0 Å². The van der Waals surface area contributed by atoms with E-state index in [4.69, 9.17) is 4.52 Å². The van der Waals surface area contributed by atoms with Crippen LogP contribution in [0.2, 0.25) is 0 Å². The molecule has 3 aromatic heterocycles. The highest BCUT2D eigenvalue weighted by molar-refractivity contribution is 5.76. The first-order valence-electron chi connectivity index (χ1n) is 9.17. The van der Waals surface area contributed by atoms with Crippen LogP contribution >= 0.6 is 0 Å². The van der Waals surface area contributed by atoms with Crippen LogP contribution in [-0.4, -0.2) is 48.8 Å². The fourth-order valence-corrected chi connectivity index (χ4v) is 3.48. The molecule has 28 heavy (non-hydrogen) atoms. The highest BCUT2D eigenvalue weighted by atomic mass is 19.1. The van der Waals surface area contributed by atoms with Crippen LogP contribution in [-0.2, 0) is 17.0 Å². The molecule has 146 valence electrons. The molecule has 8 nitrogen and oxygen atoms in total. The monoisotopic (exact) mass is 384 g/mol. The standard InChI is InChI=1S/C19H21FN6O2/c1-13-9-14(2)26(23-13)11-16(27)25-8-4-6-19(20,12-25)18-22-17(24-28-18)15-5-3-7-21-10-15/h3,5,7,9-10H,4,6,8,11-12H2,1-2H3. The summed E-state index contributed by atoms with van der Waals surface area (Å²) in [5.74, 6) is 0.00102. The second-order valence-corrected chi connectivity index (χ2v) is 7.13. The van der Waals surface area contributed by atoms with Crippen LogP contribution in [0, 0.1) is 13.8 Å². The van der Waals surface area contributed by atoms with E-state index in [1.807, 2.05) is 19.9 Å². The number of aromatic nitrogens is 5. The molecular weight excluding hydrogens is 363 g/mol. The zero-order chi connectivity index (χ0) is 19.7. The van der Waals surface area contributed by atoms with Crippen LogP contribution in [0.15, 0.2) is 35.1 Å². The summed E-state index contributed by atoms with van der Waals surface area (Å²) >= 11 is 0. The molecule has 1 atom stereocenters. The molecule has 1 amide bonds. The third-order valence-corrected chi connectivity index (χ3v) is 4.91. The third-order valence-electron chi connectivity index (χ3n) is 4.91. The first kappa shape index (κ1) is 18.3. The summed E-state index contributed by atoms with van der Waals surface area (Å²) < 4.78 is 22.5. The predicted molar refractivity (Wildman–Crippen MR) is 97.8 cm³/mol. The van der Waals surface area contributed by atoms with Gasteiger partial charge >= 0.3 is 0 Å². The molecule has 1 saturated heterocycles. The van der Waals surface area contributed by atoms with E-state index >= 15 is 4.39 Å². The number of halogens is 1. The second kappa shape index (κ2) is 7.14. The number of alkyl halides is 1. The van der Waals surface area contributed by atoms with E-state index in [9.17, 15) is 4.79 Å². The maximum Gasteiger partial charge on any atom is 0.266 e. The lowest BCUT2D eigenvalue weighted by Crippen LogP contribution is -2.47. The van der Waals surface area contributed by atoms with E-state index in [-0.39, 0.29) is 37.1 Å². The van der Waals surface area contributed by atoms with Gasteiger partial charge in [-0.2, -0.15) is 10.1 Å². The largest absolute Gasteiger partial charge is 0.337 e. The number of nitrogens with zero attached hydrogens (tertiary/aromatic N) is 6. The van der Waals surface area contributed by atoms with Crippen molar-refractivity contribution in [1.29, 1.82) is 0 Å². The number of carbonyl (C=O) groups is 1. The Kier molecular flexibility index (Phi) is 4.66. The molecule has 0 bridgehead atoms. The van der Waals surface area contributed by atoms with Crippen molar-refractivity contribution in [3.8, 4) is 11.4 Å². The van der Waals surface area contributed by atoms with Gasteiger partial charge in [0.2, 0.25) is 17.4 Å². The maximum absolute atomic E-state index is 15.6. The summed E-state index contributed by atoms with van der Waals surface area (Å²) in [5, 5.41) is 8.18. The Morgan fingerprint density at radius 1 is 1.39 bits per heavy atom. The Morgan fingerprint density at radius 2 is 2.25 bits per heavy atom. The second-order valence-electron chi connectivity index (χ2n) is 7.13. The van der Waals surface area contributed by atoms with Crippen molar-refractivity contribution >= 4 is 5.91 Å². The number of amides is 1. The minimum Gasteiger partial charge on any atom is -0.337 e. The number of piperidine rings is 1. The lowest BCUT2D eigenvalue weighted by Gasteiger charge is -2.35. The van der Waals surface area contributed by atoms with Crippen molar-refractivity contribution in [1.82, 2.24) is 29.8 Å². The highest BCUT2D eigenvalue weighted by Crippen LogP contribution is 2.35. The molecule has 0 spiro atoms. The van der Waals surface area contributed by atoms with Crippen LogP contribution < -0.4 is 0 Å². The van der Waals surface area contributed by atoms with Gasteiger partial charge in [0.15, 0.2) is 0 Å². The zero-order valence-electron chi connectivity index (χ0n) is 15.8. The van der Waals surface area contributed by atoms with Crippen molar-refractivity contribution in [3.63, 3.8) is 0 Å². The van der Waals surface area contributed by atoms with E-state index in [1.54, 1.807) is 29.2 Å². The molecule has 0 aliphatic carbocycles. The fraction of sp³-hybridized carbons (Fsp3) is 0.421. The Bertz CT molecular complexity index is 985. The first-order valence-corrected chi connectivity index (χ1v) is 9.17. The lowest BCUT2D eigenvalue weighted by molar-refractivity contribution is -0.137. The van der Waals surface area contributed by atoms with Gasteiger partial charge in [0.05, 0.1) is 12.2 Å². The normalized spacial score (nSPS) is 19.8. The number of aryl methyl sites for hydroxylation is 2. The molecule has 0 aromatic carbocycles. The average Bonchev–Trinajstić information content (AvgIpc) is 3.30. The van der Waals surface area contributed by atoms with Crippen molar-refractivity contribution in [2.24, 2.45) is 0 Å². The van der Waals surface area contributed by atoms with Crippen LogP contribution in [0.1, 0.15) is 30.1 Å². The summed E-state index contributed by atoms with van der Waals surface area (Å²) in [5.41, 5.74) is 0.524. The summed E-state index contributed by atoms with van der Waals surface area (Å²) in [4.78, 5) is 22.4. The maximum atomic E-state index is 15.6. The quantitative estimate of drug-likeness (QED) is 0.686. The van der Waals surface area contributed by atoms with E-state index < -0.39 is 5.67 Å². The topological polar surface area (TPSA) is 89.9 Å². The molecule has 0 N–H and O–H groups in total. The lowest BCUT2D eigenvalue weighted by atomic mass is 9.94. The summed E-state index contributed by atoms with van der Waals surface area (Å²) in [6.07, 6.45) is 3.97. The van der Waals surface area contributed by atoms with E-state index in [0.29, 0.717) is 18.5 Å². The summed E-state index contributed by atoms with van der Waals surface area (Å²) in [6.45, 7) is 4.23. The molecule has 1 unspecified atom stereocenters. The number of pyridine rings is 1. The number of hydrogen-bond donors (Lipinski definition) is 0. The number of rotatable bonds is 4. The van der Waals surface area contributed by atoms with E-state index in [1.165, 1.54) is 4.90 Å². The van der Waals surface area contributed by atoms with Gasteiger partial charge in [-0.05, 0) is 44.9 Å². The smallest absolute Gasteiger partial charge is 0.266 e. The molecule has 4 rings (SSSR count). The molecule has 9 heteroatoms. The molecule has 1 fully saturated rings. The van der Waals surface area contributed by atoms with Crippen molar-refractivity contribution < 1.29 is 13.7 Å². The predicted octanol–water partition coefficient (Wildman–Crippen LogP) is 2.43. The van der Waals surface area contributed by atoms with Crippen molar-refractivity contribution in [3.05, 3.63) is 47.9 Å². The Morgan fingerprint density at radius 3 is 2.96 bits per heavy atom. The molecule has 1 aliphatic heterocycles. The molecule has 3 aromatic rings. The molecular formula is C19H21FN6O2. The summed E-state index contributed by atoms with van der Waals surface area (Å²) in [6, 6.07) is 5.43. The van der Waals surface area contributed by atoms with Gasteiger partial charge in [0.25, 0.3) is 5.89 Å². The minimum absolute atomic E-state index is 0.0839. The van der Waals surface area contributed by atoms with Crippen molar-refractivity contribution in [2.45, 2.75) is 38.9 Å². The Hall–Kier alpha value is -3.10. The molecule has 4 heterocycles. The van der Waals surface area contributed by atoms with Gasteiger partial charge in [-0.25, -0.2) is 4.39 Å². The third kappa shape index (κ3) is 3.51.